The zero-order valence-corrected chi connectivity index (χ0v) is 8.68. The fourth-order valence-corrected chi connectivity index (χ4v) is 2.24. The molecule has 0 unspecified atom stereocenters. The van der Waals surface area contributed by atoms with Crippen LogP contribution < -0.4 is 0 Å². The molecule has 0 spiro atoms. The minimum Gasteiger partial charge on any atom is -0.476 e. The summed E-state index contributed by atoms with van der Waals surface area (Å²) >= 11 is 1.07. The zero-order chi connectivity index (χ0) is 10.1. The fourth-order valence-electron chi connectivity index (χ4n) is 0.592. The lowest BCUT2D eigenvalue weighted by atomic mass is 10.5. The van der Waals surface area contributed by atoms with E-state index in [4.69, 9.17) is 5.11 Å². The highest BCUT2D eigenvalue weighted by Gasteiger charge is 2.08. The Hall–Kier alpha value is -0.950. The maximum atomic E-state index is 11.2. The van der Waals surface area contributed by atoms with Crippen LogP contribution in [0.2, 0.25) is 0 Å². The molecule has 0 aromatic carbocycles. The molecular formula is C6H8N2O3S2. The Morgan fingerprint density at radius 3 is 2.69 bits per heavy atom. The Morgan fingerprint density at radius 2 is 2.31 bits per heavy atom. The monoisotopic (exact) mass is 220 g/mol. The average Bonchev–Trinajstić information content (AvgIpc) is 2.31. The van der Waals surface area contributed by atoms with Crippen molar-refractivity contribution in [2.24, 2.45) is 4.36 Å². The molecule has 0 aliphatic rings. The van der Waals surface area contributed by atoms with Crippen LogP contribution in [0, 0.1) is 0 Å². The van der Waals surface area contributed by atoms with E-state index >= 15 is 0 Å². The van der Waals surface area contributed by atoms with Crippen molar-refractivity contribution < 1.29 is 14.1 Å². The summed E-state index contributed by atoms with van der Waals surface area (Å²) in [6.45, 7) is 0. The average molecular weight is 220 g/mol. The van der Waals surface area contributed by atoms with Gasteiger partial charge in [-0.1, -0.05) is 0 Å². The molecule has 13 heavy (non-hydrogen) atoms. The van der Waals surface area contributed by atoms with Crippen molar-refractivity contribution in [3.8, 4) is 0 Å². The van der Waals surface area contributed by atoms with Gasteiger partial charge in [-0.05, 0) is 0 Å². The first-order valence-electron chi connectivity index (χ1n) is 3.24. The molecule has 72 valence electrons. The molecule has 5 nitrogen and oxygen atoms in total. The third-order valence-corrected chi connectivity index (χ3v) is 2.47. The molecule has 1 heterocycles. The largest absolute Gasteiger partial charge is 0.476 e. The quantitative estimate of drug-likeness (QED) is 0.812. The minimum atomic E-state index is -2.26. The number of aromatic nitrogens is 1. The van der Waals surface area contributed by atoms with Crippen LogP contribution in [0.15, 0.2) is 9.74 Å². The van der Waals surface area contributed by atoms with E-state index in [0.717, 1.165) is 11.3 Å². The van der Waals surface area contributed by atoms with Crippen LogP contribution in [0.3, 0.4) is 0 Å². The van der Waals surface area contributed by atoms with Crippen LogP contribution in [-0.2, 0) is 9.73 Å². The van der Waals surface area contributed by atoms with Crippen molar-refractivity contribution in [3.05, 3.63) is 11.1 Å². The summed E-state index contributed by atoms with van der Waals surface area (Å²) in [5.74, 6) is -1.10. The predicted octanol–water partition coefficient (Wildman–Crippen LogP) is 1.20. The van der Waals surface area contributed by atoms with Crippen LogP contribution >= 0.6 is 11.3 Å². The minimum absolute atomic E-state index is 0.0626. The van der Waals surface area contributed by atoms with Gasteiger partial charge in [-0.2, -0.15) is 4.36 Å². The van der Waals surface area contributed by atoms with Crippen LogP contribution in [0.1, 0.15) is 10.5 Å². The SMILES string of the molecule is CS(C)(=O)=Nc1nc(C(=O)O)cs1. The fraction of sp³-hybridized carbons (Fsp3) is 0.333. The lowest BCUT2D eigenvalue weighted by Crippen LogP contribution is -1.95. The first-order valence-corrected chi connectivity index (χ1v) is 6.45. The second-order valence-corrected chi connectivity index (χ2v) is 5.97. The van der Waals surface area contributed by atoms with Crippen LogP contribution in [0.25, 0.3) is 0 Å². The molecule has 0 aliphatic heterocycles. The van der Waals surface area contributed by atoms with Gasteiger partial charge in [-0.3, -0.25) is 0 Å². The molecule has 1 aromatic heterocycles. The number of carboxylic acids is 1. The summed E-state index contributed by atoms with van der Waals surface area (Å²) in [7, 11) is -2.26. The van der Waals surface area contributed by atoms with Gasteiger partial charge in [-0.25, -0.2) is 14.0 Å². The standard InChI is InChI=1S/C6H8N2O3S2/c1-13(2,11)8-6-7-4(3-12-6)5(9)10/h3H,1-2H3,(H,9,10). The Kier molecular flexibility index (Phi) is 2.67. The number of carboxylic acid groups (broad SMARTS) is 1. The molecule has 0 atom stereocenters. The predicted molar refractivity (Wildman–Crippen MR) is 51.2 cm³/mol. The number of hydrogen-bond donors (Lipinski definition) is 1. The Balaban J connectivity index is 3.08. The highest BCUT2D eigenvalue weighted by Crippen LogP contribution is 2.19. The number of thiazole rings is 1. The second kappa shape index (κ2) is 3.43. The van der Waals surface area contributed by atoms with E-state index in [-0.39, 0.29) is 10.8 Å². The maximum Gasteiger partial charge on any atom is 0.355 e. The van der Waals surface area contributed by atoms with E-state index in [1.165, 1.54) is 17.9 Å². The van der Waals surface area contributed by atoms with Crippen molar-refractivity contribution >= 4 is 32.2 Å². The highest BCUT2D eigenvalue weighted by atomic mass is 32.2. The van der Waals surface area contributed by atoms with Gasteiger partial charge in [-0.15, -0.1) is 11.3 Å². The van der Waals surface area contributed by atoms with Crippen LogP contribution in [-0.4, -0.2) is 32.8 Å². The number of hydrogen-bond acceptors (Lipinski definition) is 5. The lowest BCUT2D eigenvalue weighted by molar-refractivity contribution is 0.0691. The molecule has 0 saturated heterocycles. The molecule has 1 rings (SSSR count). The summed E-state index contributed by atoms with van der Waals surface area (Å²) < 4.78 is 15.0. The smallest absolute Gasteiger partial charge is 0.355 e. The van der Waals surface area contributed by atoms with Crippen LogP contribution in [0.4, 0.5) is 5.13 Å². The number of carbonyl (C=O) groups is 1. The summed E-state index contributed by atoms with van der Waals surface area (Å²) in [5.41, 5.74) is -0.0626. The van der Waals surface area contributed by atoms with Crippen molar-refractivity contribution in [1.82, 2.24) is 4.98 Å². The summed E-state index contributed by atoms with van der Waals surface area (Å²) in [6, 6.07) is 0. The molecule has 0 radical (unpaired) electrons. The van der Waals surface area contributed by atoms with E-state index in [0.29, 0.717) is 0 Å². The molecule has 0 saturated carbocycles. The highest BCUT2D eigenvalue weighted by molar-refractivity contribution is 7.92. The third-order valence-electron chi connectivity index (χ3n) is 1.01. The molecular weight excluding hydrogens is 212 g/mol. The normalized spacial score (nSPS) is 11.2. The van der Waals surface area contributed by atoms with Gasteiger partial charge in [0, 0.05) is 27.6 Å². The van der Waals surface area contributed by atoms with Crippen molar-refractivity contribution in [3.63, 3.8) is 0 Å². The summed E-state index contributed by atoms with van der Waals surface area (Å²) in [5, 5.41) is 10.1. The molecule has 7 heteroatoms. The van der Waals surface area contributed by atoms with Gasteiger partial charge < -0.3 is 5.11 Å². The van der Waals surface area contributed by atoms with Gasteiger partial charge in [0.05, 0.1) is 0 Å². The van der Waals surface area contributed by atoms with Gasteiger partial charge in [0.1, 0.15) is 0 Å². The zero-order valence-electron chi connectivity index (χ0n) is 7.05. The van der Waals surface area contributed by atoms with Crippen molar-refractivity contribution in [1.29, 1.82) is 0 Å². The van der Waals surface area contributed by atoms with E-state index in [1.807, 2.05) is 0 Å². The van der Waals surface area contributed by atoms with Gasteiger partial charge in [0.25, 0.3) is 0 Å². The molecule has 0 amide bonds. The molecule has 1 N–H and O–H groups in total. The molecule has 1 aromatic rings. The summed E-state index contributed by atoms with van der Waals surface area (Å²) in [4.78, 5) is 14.1. The van der Waals surface area contributed by atoms with Crippen LogP contribution in [0.5, 0.6) is 0 Å². The van der Waals surface area contributed by atoms with E-state index in [1.54, 1.807) is 0 Å². The summed E-state index contributed by atoms with van der Waals surface area (Å²) in [6.07, 6.45) is 2.93. The number of nitrogens with zero attached hydrogens (tertiary/aromatic N) is 2. The number of rotatable bonds is 2. The molecule has 0 fully saturated rings. The van der Waals surface area contributed by atoms with Crippen molar-refractivity contribution in [2.45, 2.75) is 0 Å². The Labute approximate surface area is 79.6 Å². The van der Waals surface area contributed by atoms with Gasteiger partial charge in [0.2, 0.25) is 5.13 Å². The Bertz CT molecular complexity index is 434. The van der Waals surface area contributed by atoms with Gasteiger partial charge >= 0.3 is 5.97 Å². The first-order chi connectivity index (χ1) is 5.88. The second-order valence-electron chi connectivity index (χ2n) is 2.59. The maximum absolute atomic E-state index is 11.2. The van der Waals surface area contributed by atoms with E-state index in [2.05, 4.69) is 9.35 Å². The van der Waals surface area contributed by atoms with E-state index in [9.17, 15) is 9.00 Å². The third kappa shape index (κ3) is 3.11. The number of aromatic carboxylic acids is 1. The van der Waals surface area contributed by atoms with Crippen molar-refractivity contribution in [2.75, 3.05) is 12.5 Å². The van der Waals surface area contributed by atoms with Gasteiger partial charge in [0.15, 0.2) is 5.69 Å². The lowest BCUT2D eigenvalue weighted by Gasteiger charge is -1.89. The molecule has 0 aliphatic carbocycles. The molecule has 0 bridgehead atoms. The Morgan fingerprint density at radius 1 is 1.69 bits per heavy atom. The first kappa shape index (κ1) is 10.1. The topological polar surface area (TPSA) is 79.6 Å². The van der Waals surface area contributed by atoms with E-state index < -0.39 is 15.7 Å².